The van der Waals surface area contributed by atoms with E-state index in [0.29, 0.717) is 0 Å². The molecule has 1 N–H and O–H groups in total. The Morgan fingerprint density at radius 2 is 2.41 bits per heavy atom. The maximum atomic E-state index is 4.32. The third-order valence-electron chi connectivity index (χ3n) is 3.04. The van der Waals surface area contributed by atoms with Crippen molar-refractivity contribution in [3.05, 3.63) is 30.4 Å². The van der Waals surface area contributed by atoms with Gasteiger partial charge in [-0.15, -0.1) is 0 Å². The van der Waals surface area contributed by atoms with E-state index >= 15 is 0 Å². The number of rotatable bonds is 7. The monoisotopic (exact) mass is 234 g/mol. The number of imidazole rings is 1. The summed E-state index contributed by atoms with van der Waals surface area (Å²) in [5.41, 5.74) is 1.24. The first-order valence-electron chi connectivity index (χ1n) is 6.20. The van der Waals surface area contributed by atoms with Gasteiger partial charge in [0.25, 0.3) is 0 Å². The van der Waals surface area contributed by atoms with Crippen LogP contribution in [0.15, 0.2) is 24.5 Å². The van der Waals surface area contributed by atoms with Gasteiger partial charge in [-0.1, -0.05) is 6.58 Å². The molecule has 17 heavy (non-hydrogen) atoms. The fraction of sp³-hybridized carbons (Fsp3) is 0.615. The quantitative estimate of drug-likeness (QED) is 0.719. The smallest absolute Gasteiger partial charge is 0.122 e. The molecule has 1 aromatic heterocycles. The van der Waals surface area contributed by atoms with Crippen LogP contribution < -0.4 is 5.32 Å². The third-order valence-corrected chi connectivity index (χ3v) is 3.04. The van der Waals surface area contributed by atoms with Crippen molar-refractivity contribution in [1.29, 1.82) is 0 Å². The van der Waals surface area contributed by atoms with Gasteiger partial charge in [0.1, 0.15) is 5.82 Å². The fourth-order valence-electron chi connectivity index (χ4n) is 1.86. The van der Waals surface area contributed by atoms with Crippen LogP contribution >= 0.6 is 0 Å². The van der Waals surface area contributed by atoms with Crippen LogP contribution in [0.5, 0.6) is 0 Å². The third kappa shape index (κ3) is 3.98. The second-order valence-electron chi connectivity index (χ2n) is 5.03. The summed E-state index contributed by atoms with van der Waals surface area (Å²) in [6.07, 6.45) is 6.48. The van der Waals surface area contributed by atoms with Gasteiger partial charge >= 0.3 is 0 Å². The zero-order valence-electron chi connectivity index (χ0n) is 10.8. The Kier molecular flexibility index (Phi) is 3.97. The van der Waals surface area contributed by atoms with Gasteiger partial charge in [-0.25, -0.2) is 4.98 Å². The molecular formula is C13H22N4. The second-order valence-corrected chi connectivity index (χ2v) is 5.03. The number of nitrogens with zero attached hydrogens (tertiary/aromatic N) is 3. The highest BCUT2D eigenvalue weighted by Gasteiger charge is 2.20. The molecule has 0 aliphatic heterocycles. The molecule has 1 aromatic rings. The van der Waals surface area contributed by atoms with E-state index in [-0.39, 0.29) is 0 Å². The first-order chi connectivity index (χ1) is 8.15. The van der Waals surface area contributed by atoms with Gasteiger partial charge in [0.2, 0.25) is 0 Å². The van der Waals surface area contributed by atoms with Crippen LogP contribution in [0.4, 0.5) is 0 Å². The number of hydrogen-bond donors (Lipinski definition) is 1. The highest BCUT2D eigenvalue weighted by molar-refractivity contribution is 5.02. The van der Waals surface area contributed by atoms with Crippen molar-refractivity contribution in [2.75, 3.05) is 20.1 Å². The lowest BCUT2D eigenvalue weighted by molar-refractivity contribution is 0.338. The van der Waals surface area contributed by atoms with Crippen LogP contribution in [-0.2, 0) is 13.6 Å². The Balaban J connectivity index is 1.70. The summed E-state index contributed by atoms with van der Waals surface area (Å²) in [4.78, 5) is 6.57. The molecule has 4 heteroatoms. The molecule has 0 unspecified atom stereocenters. The van der Waals surface area contributed by atoms with E-state index in [9.17, 15) is 0 Å². The number of likely N-dealkylation sites (N-methyl/N-ethyl adjacent to an activating group) is 1. The normalized spacial score (nSPS) is 15.5. The number of hydrogen-bond acceptors (Lipinski definition) is 3. The number of nitrogens with one attached hydrogen (secondary N) is 1. The van der Waals surface area contributed by atoms with Crippen LogP contribution in [-0.4, -0.2) is 40.6 Å². The first kappa shape index (κ1) is 12.3. The summed E-state index contributed by atoms with van der Waals surface area (Å²) in [5, 5.41) is 3.48. The molecule has 2 rings (SSSR count). The molecule has 1 saturated carbocycles. The summed E-state index contributed by atoms with van der Waals surface area (Å²) in [6, 6.07) is 0.756. The summed E-state index contributed by atoms with van der Waals surface area (Å²) >= 11 is 0. The topological polar surface area (TPSA) is 33.1 Å². The van der Waals surface area contributed by atoms with E-state index in [0.717, 1.165) is 31.5 Å². The van der Waals surface area contributed by atoms with E-state index in [4.69, 9.17) is 0 Å². The number of aromatic nitrogens is 2. The summed E-state index contributed by atoms with van der Waals surface area (Å²) in [5.74, 6) is 1.09. The molecule has 1 aliphatic rings. The highest BCUT2D eigenvalue weighted by atomic mass is 15.2. The van der Waals surface area contributed by atoms with Crippen LogP contribution in [0.2, 0.25) is 0 Å². The van der Waals surface area contributed by atoms with E-state index in [1.807, 2.05) is 19.4 Å². The lowest BCUT2D eigenvalue weighted by atomic mass is 10.3. The Labute approximate surface area is 103 Å². The van der Waals surface area contributed by atoms with Crippen molar-refractivity contribution < 1.29 is 0 Å². The minimum absolute atomic E-state index is 0.756. The van der Waals surface area contributed by atoms with Crippen molar-refractivity contribution in [3.63, 3.8) is 0 Å². The van der Waals surface area contributed by atoms with E-state index in [1.165, 1.54) is 18.4 Å². The first-order valence-corrected chi connectivity index (χ1v) is 6.20. The van der Waals surface area contributed by atoms with Gasteiger partial charge in [-0.05, 0) is 25.5 Å². The van der Waals surface area contributed by atoms with Gasteiger partial charge in [-0.3, -0.25) is 4.90 Å². The van der Waals surface area contributed by atoms with E-state index < -0.39 is 0 Å². The predicted molar refractivity (Wildman–Crippen MR) is 69.7 cm³/mol. The molecular weight excluding hydrogens is 212 g/mol. The Bertz CT molecular complexity index is 379. The van der Waals surface area contributed by atoms with Gasteiger partial charge < -0.3 is 9.88 Å². The van der Waals surface area contributed by atoms with Crippen LogP contribution in [0, 0.1) is 0 Å². The molecule has 0 atom stereocenters. The standard InChI is InChI=1S/C13H22N4/c1-11(8-15-12-4-5-12)9-16(2)10-13-14-6-7-17(13)3/h6-7,12,15H,1,4-5,8-10H2,2-3H3. The lowest BCUT2D eigenvalue weighted by Gasteiger charge is -2.18. The van der Waals surface area contributed by atoms with Crippen molar-refractivity contribution in [1.82, 2.24) is 19.8 Å². The molecule has 1 heterocycles. The van der Waals surface area contributed by atoms with Crippen LogP contribution in [0.1, 0.15) is 18.7 Å². The molecule has 0 aromatic carbocycles. The van der Waals surface area contributed by atoms with Crippen molar-refractivity contribution in [2.24, 2.45) is 7.05 Å². The zero-order valence-corrected chi connectivity index (χ0v) is 10.8. The maximum absolute atomic E-state index is 4.32. The molecule has 0 spiro atoms. The Morgan fingerprint density at radius 3 is 3.00 bits per heavy atom. The molecule has 0 amide bonds. The zero-order chi connectivity index (χ0) is 12.3. The Morgan fingerprint density at radius 1 is 1.65 bits per heavy atom. The van der Waals surface area contributed by atoms with Crippen molar-refractivity contribution in [2.45, 2.75) is 25.4 Å². The fourth-order valence-corrected chi connectivity index (χ4v) is 1.86. The van der Waals surface area contributed by atoms with Gasteiger partial charge in [0.05, 0.1) is 6.54 Å². The van der Waals surface area contributed by atoms with E-state index in [1.54, 1.807) is 0 Å². The average Bonchev–Trinajstić information content (AvgIpc) is 3.02. The molecule has 4 nitrogen and oxygen atoms in total. The molecule has 0 radical (unpaired) electrons. The predicted octanol–water partition coefficient (Wildman–Crippen LogP) is 1.16. The minimum Gasteiger partial charge on any atom is -0.337 e. The van der Waals surface area contributed by atoms with Gasteiger partial charge in [0.15, 0.2) is 0 Å². The maximum Gasteiger partial charge on any atom is 0.122 e. The van der Waals surface area contributed by atoms with Crippen LogP contribution in [0.25, 0.3) is 0 Å². The molecule has 1 fully saturated rings. The van der Waals surface area contributed by atoms with Crippen molar-refractivity contribution in [3.8, 4) is 0 Å². The molecule has 1 aliphatic carbocycles. The summed E-state index contributed by atoms with van der Waals surface area (Å²) in [7, 11) is 4.14. The largest absolute Gasteiger partial charge is 0.337 e. The number of aryl methyl sites for hydroxylation is 1. The lowest BCUT2D eigenvalue weighted by Crippen LogP contribution is -2.27. The average molecular weight is 234 g/mol. The van der Waals surface area contributed by atoms with Crippen molar-refractivity contribution >= 4 is 0 Å². The molecule has 94 valence electrons. The van der Waals surface area contributed by atoms with E-state index in [2.05, 4.69) is 33.4 Å². The highest BCUT2D eigenvalue weighted by Crippen LogP contribution is 2.18. The van der Waals surface area contributed by atoms with Gasteiger partial charge in [0, 0.05) is 38.6 Å². The van der Waals surface area contributed by atoms with Crippen LogP contribution in [0.3, 0.4) is 0 Å². The summed E-state index contributed by atoms with van der Waals surface area (Å²) < 4.78 is 2.06. The van der Waals surface area contributed by atoms with Gasteiger partial charge in [-0.2, -0.15) is 0 Å². The molecule has 0 saturated heterocycles. The summed E-state index contributed by atoms with van der Waals surface area (Å²) in [6.45, 7) is 6.84. The SMILES string of the molecule is C=C(CNC1CC1)CN(C)Cc1nccn1C. The molecule has 0 bridgehead atoms. The second kappa shape index (κ2) is 5.47. The minimum atomic E-state index is 0.756. The Hall–Kier alpha value is -1.13.